The van der Waals surface area contributed by atoms with E-state index in [9.17, 15) is 4.79 Å². The SMILES string of the molecule is CC(=O)OC1CC[C@H](c2ccc(N)cc2)C1. The summed E-state index contributed by atoms with van der Waals surface area (Å²) in [6.07, 6.45) is 3.08. The number of carbonyl (C=O) groups excluding carboxylic acids is 1. The number of carbonyl (C=O) groups is 1. The van der Waals surface area contributed by atoms with E-state index < -0.39 is 0 Å². The lowest BCUT2D eigenvalue weighted by Gasteiger charge is -2.12. The molecule has 1 unspecified atom stereocenters. The molecule has 2 atom stereocenters. The lowest BCUT2D eigenvalue weighted by molar-refractivity contribution is -0.145. The predicted octanol–water partition coefficient (Wildman–Crippen LogP) is 2.47. The standard InChI is InChI=1S/C13H17NO2/c1-9(15)16-13-7-4-11(8-13)10-2-5-12(14)6-3-10/h2-3,5-6,11,13H,4,7-8,14H2,1H3/t11-,13?/m0/s1. The quantitative estimate of drug-likeness (QED) is 0.614. The van der Waals surface area contributed by atoms with Crippen LogP contribution in [0.15, 0.2) is 24.3 Å². The van der Waals surface area contributed by atoms with Crippen molar-refractivity contribution in [3.05, 3.63) is 29.8 Å². The number of ether oxygens (including phenoxy) is 1. The molecular weight excluding hydrogens is 202 g/mol. The average Bonchev–Trinajstić information content (AvgIpc) is 2.66. The van der Waals surface area contributed by atoms with E-state index in [0.29, 0.717) is 5.92 Å². The maximum Gasteiger partial charge on any atom is 0.302 e. The summed E-state index contributed by atoms with van der Waals surface area (Å²) >= 11 is 0. The van der Waals surface area contributed by atoms with Crippen molar-refractivity contribution in [3.8, 4) is 0 Å². The molecular formula is C13H17NO2. The average molecular weight is 219 g/mol. The molecule has 3 nitrogen and oxygen atoms in total. The maximum atomic E-state index is 10.8. The summed E-state index contributed by atoms with van der Waals surface area (Å²) in [4.78, 5) is 10.8. The summed E-state index contributed by atoms with van der Waals surface area (Å²) in [7, 11) is 0. The minimum atomic E-state index is -0.178. The number of hydrogen-bond acceptors (Lipinski definition) is 3. The van der Waals surface area contributed by atoms with Gasteiger partial charge in [-0.05, 0) is 42.9 Å². The fraction of sp³-hybridized carbons (Fsp3) is 0.462. The van der Waals surface area contributed by atoms with Gasteiger partial charge in [0.15, 0.2) is 0 Å². The molecule has 1 aliphatic rings. The van der Waals surface area contributed by atoms with Gasteiger partial charge in [0.1, 0.15) is 6.10 Å². The Kier molecular flexibility index (Phi) is 3.13. The molecule has 0 bridgehead atoms. The highest BCUT2D eigenvalue weighted by atomic mass is 16.5. The van der Waals surface area contributed by atoms with Crippen molar-refractivity contribution >= 4 is 11.7 Å². The van der Waals surface area contributed by atoms with Gasteiger partial charge >= 0.3 is 5.97 Å². The van der Waals surface area contributed by atoms with Crippen LogP contribution in [-0.2, 0) is 9.53 Å². The Labute approximate surface area is 95.6 Å². The molecule has 0 saturated heterocycles. The van der Waals surface area contributed by atoms with Crippen LogP contribution in [0.2, 0.25) is 0 Å². The topological polar surface area (TPSA) is 52.3 Å². The van der Waals surface area contributed by atoms with Crippen LogP contribution >= 0.6 is 0 Å². The zero-order valence-corrected chi connectivity index (χ0v) is 9.48. The van der Waals surface area contributed by atoms with Crippen molar-refractivity contribution < 1.29 is 9.53 Å². The summed E-state index contributed by atoms with van der Waals surface area (Å²) in [5.41, 5.74) is 7.73. The molecule has 2 rings (SSSR count). The van der Waals surface area contributed by atoms with Gasteiger partial charge in [-0.25, -0.2) is 0 Å². The Morgan fingerprint density at radius 2 is 2.00 bits per heavy atom. The molecule has 2 N–H and O–H groups in total. The van der Waals surface area contributed by atoms with Crippen LogP contribution in [0.25, 0.3) is 0 Å². The largest absolute Gasteiger partial charge is 0.463 e. The van der Waals surface area contributed by atoms with Crippen LogP contribution in [0.1, 0.15) is 37.7 Å². The lowest BCUT2D eigenvalue weighted by atomic mass is 9.97. The monoisotopic (exact) mass is 219 g/mol. The fourth-order valence-corrected chi connectivity index (χ4v) is 2.35. The van der Waals surface area contributed by atoms with Crippen molar-refractivity contribution in [2.45, 2.75) is 38.2 Å². The predicted molar refractivity (Wildman–Crippen MR) is 63.0 cm³/mol. The minimum Gasteiger partial charge on any atom is -0.463 e. The van der Waals surface area contributed by atoms with Gasteiger partial charge in [-0.2, -0.15) is 0 Å². The molecule has 0 aromatic heterocycles. The van der Waals surface area contributed by atoms with E-state index in [1.807, 2.05) is 12.1 Å². The molecule has 0 spiro atoms. The van der Waals surface area contributed by atoms with Gasteiger partial charge in [0, 0.05) is 12.6 Å². The Morgan fingerprint density at radius 1 is 1.31 bits per heavy atom. The van der Waals surface area contributed by atoms with Crippen LogP contribution in [0.4, 0.5) is 5.69 Å². The number of benzene rings is 1. The van der Waals surface area contributed by atoms with Crippen LogP contribution < -0.4 is 5.73 Å². The second-order valence-corrected chi connectivity index (χ2v) is 4.41. The molecule has 0 amide bonds. The number of anilines is 1. The Morgan fingerprint density at radius 3 is 2.62 bits per heavy atom. The summed E-state index contributed by atoms with van der Waals surface area (Å²) in [6, 6.07) is 7.98. The van der Waals surface area contributed by atoms with Crippen molar-refractivity contribution in [2.75, 3.05) is 5.73 Å². The van der Waals surface area contributed by atoms with E-state index in [1.165, 1.54) is 12.5 Å². The Balaban J connectivity index is 1.98. The normalized spacial score (nSPS) is 24.3. The number of rotatable bonds is 2. The third-order valence-electron chi connectivity index (χ3n) is 3.13. The summed E-state index contributed by atoms with van der Waals surface area (Å²) < 4.78 is 5.22. The van der Waals surface area contributed by atoms with Crippen LogP contribution in [0, 0.1) is 0 Å². The number of nitrogens with two attached hydrogens (primary N) is 1. The smallest absolute Gasteiger partial charge is 0.302 e. The molecule has 0 aliphatic heterocycles. The maximum absolute atomic E-state index is 10.8. The highest BCUT2D eigenvalue weighted by Gasteiger charge is 2.27. The van der Waals surface area contributed by atoms with Crippen LogP contribution in [0.3, 0.4) is 0 Å². The van der Waals surface area contributed by atoms with Gasteiger partial charge in [-0.1, -0.05) is 12.1 Å². The minimum absolute atomic E-state index is 0.0973. The summed E-state index contributed by atoms with van der Waals surface area (Å²) in [5, 5.41) is 0. The highest BCUT2D eigenvalue weighted by molar-refractivity contribution is 5.66. The van der Waals surface area contributed by atoms with Gasteiger partial charge in [0.05, 0.1) is 0 Å². The highest BCUT2D eigenvalue weighted by Crippen LogP contribution is 2.36. The van der Waals surface area contributed by atoms with E-state index in [1.54, 1.807) is 0 Å². The Bertz CT molecular complexity index is 372. The summed E-state index contributed by atoms with van der Waals surface area (Å²) in [6.45, 7) is 1.47. The second kappa shape index (κ2) is 4.56. The van der Waals surface area contributed by atoms with Gasteiger partial charge in [0.2, 0.25) is 0 Å². The van der Waals surface area contributed by atoms with Crippen molar-refractivity contribution in [1.82, 2.24) is 0 Å². The zero-order chi connectivity index (χ0) is 11.5. The first-order valence-electron chi connectivity index (χ1n) is 5.68. The van der Waals surface area contributed by atoms with E-state index >= 15 is 0 Å². The molecule has 1 aliphatic carbocycles. The van der Waals surface area contributed by atoms with E-state index in [0.717, 1.165) is 24.9 Å². The number of esters is 1. The fourth-order valence-electron chi connectivity index (χ4n) is 2.35. The third kappa shape index (κ3) is 2.54. The second-order valence-electron chi connectivity index (χ2n) is 4.41. The molecule has 86 valence electrons. The Hall–Kier alpha value is -1.51. The van der Waals surface area contributed by atoms with Crippen LogP contribution in [0.5, 0.6) is 0 Å². The molecule has 0 heterocycles. The number of hydrogen-bond donors (Lipinski definition) is 1. The van der Waals surface area contributed by atoms with Gasteiger partial charge < -0.3 is 10.5 Å². The first-order chi connectivity index (χ1) is 7.65. The van der Waals surface area contributed by atoms with Gasteiger partial charge in [-0.15, -0.1) is 0 Å². The summed E-state index contributed by atoms with van der Waals surface area (Å²) in [5.74, 6) is 0.327. The number of nitrogen functional groups attached to an aromatic ring is 1. The molecule has 1 aromatic rings. The first-order valence-corrected chi connectivity index (χ1v) is 5.68. The van der Waals surface area contributed by atoms with E-state index in [2.05, 4.69) is 12.1 Å². The third-order valence-corrected chi connectivity index (χ3v) is 3.13. The van der Waals surface area contributed by atoms with E-state index in [4.69, 9.17) is 10.5 Å². The lowest BCUT2D eigenvalue weighted by Crippen LogP contribution is -2.12. The van der Waals surface area contributed by atoms with Crippen molar-refractivity contribution in [2.24, 2.45) is 0 Å². The van der Waals surface area contributed by atoms with Crippen molar-refractivity contribution in [3.63, 3.8) is 0 Å². The van der Waals surface area contributed by atoms with Gasteiger partial charge in [-0.3, -0.25) is 4.79 Å². The molecule has 1 aromatic carbocycles. The van der Waals surface area contributed by atoms with Gasteiger partial charge in [0.25, 0.3) is 0 Å². The van der Waals surface area contributed by atoms with E-state index in [-0.39, 0.29) is 12.1 Å². The van der Waals surface area contributed by atoms with Crippen molar-refractivity contribution in [1.29, 1.82) is 0 Å². The molecule has 1 fully saturated rings. The first kappa shape index (κ1) is 11.0. The molecule has 16 heavy (non-hydrogen) atoms. The molecule has 3 heteroatoms. The van der Waals surface area contributed by atoms with Crippen LogP contribution in [-0.4, -0.2) is 12.1 Å². The zero-order valence-electron chi connectivity index (χ0n) is 9.48. The molecule has 1 saturated carbocycles. The molecule has 0 radical (unpaired) electrons.